The first-order chi connectivity index (χ1) is 7.75. The minimum absolute atomic E-state index is 0.0413. The highest BCUT2D eigenvalue weighted by atomic mass is 16.4. The van der Waals surface area contributed by atoms with E-state index in [4.69, 9.17) is 10.2 Å². The maximum absolute atomic E-state index is 11.8. The third-order valence-corrected chi connectivity index (χ3v) is 2.32. The Balaban J connectivity index is 4.55. The zero-order valence-corrected chi connectivity index (χ0v) is 10.3. The Morgan fingerprint density at radius 3 is 2.00 bits per heavy atom. The lowest BCUT2D eigenvalue weighted by Crippen LogP contribution is -2.40. The third-order valence-electron chi connectivity index (χ3n) is 2.32. The van der Waals surface area contributed by atoms with Crippen molar-refractivity contribution in [3.63, 3.8) is 0 Å². The summed E-state index contributed by atoms with van der Waals surface area (Å²) in [7, 11) is 0. The molecule has 0 fully saturated rings. The second kappa shape index (κ2) is 6.88. The molecule has 6 heteroatoms. The fraction of sp³-hybridized carbons (Fsp3) is 0.727. The summed E-state index contributed by atoms with van der Waals surface area (Å²) >= 11 is 0. The highest BCUT2D eigenvalue weighted by Gasteiger charge is 2.22. The summed E-state index contributed by atoms with van der Waals surface area (Å²) in [5, 5.41) is 17.3. The number of aliphatic carboxylic acids is 2. The van der Waals surface area contributed by atoms with Gasteiger partial charge in [0.15, 0.2) is 0 Å². The maximum Gasteiger partial charge on any atom is 0.308 e. The van der Waals surface area contributed by atoms with E-state index in [2.05, 4.69) is 0 Å². The number of carbonyl (C=O) groups is 3. The number of carboxylic acid groups (broad SMARTS) is 2. The minimum atomic E-state index is -1.01. The van der Waals surface area contributed by atoms with E-state index in [0.29, 0.717) is 0 Å². The maximum atomic E-state index is 11.8. The SMILES string of the molecule is CC(C)C(=O)N(CCC(=O)O)CC(C)C(=O)O. The van der Waals surface area contributed by atoms with Gasteiger partial charge in [-0.2, -0.15) is 0 Å². The van der Waals surface area contributed by atoms with Gasteiger partial charge in [0.05, 0.1) is 12.3 Å². The van der Waals surface area contributed by atoms with Crippen molar-refractivity contribution < 1.29 is 24.6 Å². The summed E-state index contributed by atoms with van der Waals surface area (Å²) in [6, 6.07) is 0. The summed E-state index contributed by atoms with van der Waals surface area (Å²) in [6.45, 7) is 4.97. The van der Waals surface area contributed by atoms with Gasteiger partial charge in [0, 0.05) is 19.0 Å². The Kier molecular flexibility index (Phi) is 6.23. The molecule has 0 aromatic rings. The lowest BCUT2D eigenvalue weighted by atomic mass is 10.1. The normalized spacial score (nSPS) is 12.2. The number of hydrogen-bond acceptors (Lipinski definition) is 3. The Morgan fingerprint density at radius 1 is 1.12 bits per heavy atom. The van der Waals surface area contributed by atoms with Crippen molar-refractivity contribution in [3.05, 3.63) is 0 Å². The third kappa shape index (κ3) is 5.89. The van der Waals surface area contributed by atoms with Crippen LogP contribution in [0.3, 0.4) is 0 Å². The predicted molar refractivity (Wildman–Crippen MR) is 60.5 cm³/mol. The second-order valence-electron chi connectivity index (χ2n) is 4.32. The van der Waals surface area contributed by atoms with Crippen LogP contribution in [0, 0.1) is 11.8 Å². The van der Waals surface area contributed by atoms with Crippen molar-refractivity contribution in [2.75, 3.05) is 13.1 Å². The summed E-state index contributed by atoms with van der Waals surface area (Å²) in [5.41, 5.74) is 0. The molecule has 0 heterocycles. The van der Waals surface area contributed by atoms with Gasteiger partial charge in [-0.15, -0.1) is 0 Å². The van der Waals surface area contributed by atoms with E-state index in [1.54, 1.807) is 13.8 Å². The van der Waals surface area contributed by atoms with Crippen LogP contribution < -0.4 is 0 Å². The van der Waals surface area contributed by atoms with Gasteiger partial charge in [-0.3, -0.25) is 14.4 Å². The second-order valence-corrected chi connectivity index (χ2v) is 4.32. The van der Waals surface area contributed by atoms with Crippen LogP contribution in [0.1, 0.15) is 27.2 Å². The fourth-order valence-corrected chi connectivity index (χ4v) is 1.30. The van der Waals surface area contributed by atoms with Crippen molar-refractivity contribution in [3.8, 4) is 0 Å². The quantitative estimate of drug-likeness (QED) is 0.687. The van der Waals surface area contributed by atoms with Gasteiger partial charge in [0.25, 0.3) is 0 Å². The average molecular weight is 245 g/mol. The largest absolute Gasteiger partial charge is 0.481 e. The molecule has 1 amide bonds. The van der Waals surface area contributed by atoms with Crippen molar-refractivity contribution in [2.45, 2.75) is 27.2 Å². The Bertz CT molecular complexity index is 300. The minimum Gasteiger partial charge on any atom is -0.481 e. The number of hydrogen-bond donors (Lipinski definition) is 2. The summed E-state index contributed by atoms with van der Waals surface area (Å²) in [6.07, 6.45) is -0.176. The van der Waals surface area contributed by atoms with Crippen LogP contribution in [0.15, 0.2) is 0 Å². The van der Waals surface area contributed by atoms with Crippen LogP contribution in [-0.2, 0) is 14.4 Å². The smallest absolute Gasteiger partial charge is 0.308 e. The van der Waals surface area contributed by atoms with Gasteiger partial charge >= 0.3 is 11.9 Å². The van der Waals surface area contributed by atoms with Crippen LogP contribution >= 0.6 is 0 Å². The Hall–Kier alpha value is -1.59. The topological polar surface area (TPSA) is 94.9 Å². The van der Waals surface area contributed by atoms with E-state index in [-0.39, 0.29) is 31.3 Å². The van der Waals surface area contributed by atoms with E-state index < -0.39 is 17.9 Å². The molecule has 0 saturated heterocycles. The van der Waals surface area contributed by atoms with Gasteiger partial charge in [-0.05, 0) is 0 Å². The molecule has 0 rings (SSSR count). The first kappa shape index (κ1) is 15.4. The molecule has 0 aliphatic carbocycles. The fourth-order valence-electron chi connectivity index (χ4n) is 1.30. The van der Waals surface area contributed by atoms with Crippen LogP contribution in [0.25, 0.3) is 0 Å². The molecule has 0 aromatic heterocycles. The number of carboxylic acids is 2. The molecular formula is C11H19NO5. The molecule has 0 radical (unpaired) electrons. The molecule has 0 saturated carbocycles. The molecule has 2 N–H and O–H groups in total. The van der Waals surface area contributed by atoms with Crippen molar-refractivity contribution in [2.24, 2.45) is 11.8 Å². The molecule has 0 spiro atoms. The van der Waals surface area contributed by atoms with Gasteiger partial charge in [0.1, 0.15) is 0 Å². The molecule has 0 aliphatic rings. The van der Waals surface area contributed by atoms with Crippen molar-refractivity contribution >= 4 is 17.8 Å². The van der Waals surface area contributed by atoms with Crippen LogP contribution in [0.2, 0.25) is 0 Å². The van der Waals surface area contributed by atoms with E-state index in [0.717, 1.165) is 0 Å². The van der Waals surface area contributed by atoms with Gasteiger partial charge in [-0.1, -0.05) is 20.8 Å². The lowest BCUT2D eigenvalue weighted by Gasteiger charge is -2.25. The monoisotopic (exact) mass is 245 g/mol. The first-order valence-electron chi connectivity index (χ1n) is 5.49. The molecule has 6 nitrogen and oxygen atoms in total. The van der Waals surface area contributed by atoms with E-state index >= 15 is 0 Å². The van der Waals surface area contributed by atoms with Crippen LogP contribution in [0.5, 0.6) is 0 Å². The van der Waals surface area contributed by atoms with Crippen LogP contribution in [0.4, 0.5) is 0 Å². The summed E-state index contributed by atoms with van der Waals surface area (Å²) in [5.74, 6) is -3.20. The zero-order chi connectivity index (χ0) is 13.6. The molecule has 0 aliphatic heterocycles. The predicted octanol–water partition coefficient (Wildman–Crippen LogP) is 0.666. The standard InChI is InChI=1S/C11H19NO5/c1-7(2)10(15)12(5-4-9(13)14)6-8(3)11(16)17/h7-8H,4-6H2,1-3H3,(H,13,14)(H,16,17). The summed E-state index contributed by atoms with van der Waals surface area (Å²) in [4.78, 5) is 34.2. The van der Waals surface area contributed by atoms with Crippen molar-refractivity contribution in [1.29, 1.82) is 0 Å². The van der Waals surface area contributed by atoms with Gasteiger partial charge < -0.3 is 15.1 Å². The van der Waals surface area contributed by atoms with E-state index in [1.807, 2.05) is 0 Å². The molecule has 17 heavy (non-hydrogen) atoms. The highest BCUT2D eigenvalue weighted by Crippen LogP contribution is 2.07. The molecule has 98 valence electrons. The Morgan fingerprint density at radius 2 is 1.65 bits per heavy atom. The number of amides is 1. The molecule has 1 atom stereocenters. The molecule has 0 bridgehead atoms. The van der Waals surface area contributed by atoms with Crippen LogP contribution in [-0.4, -0.2) is 46.0 Å². The summed E-state index contributed by atoms with van der Waals surface area (Å²) < 4.78 is 0. The number of nitrogens with zero attached hydrogens (tertiary/aromatic N) is 1. The van der Waals surface area contributed by atoms with Gasteiger partial charge in [0.2, 0.25) is 5.91 Å². The molecule has 0 aromatic carbocycles. The Labute approximate surface area is 100 Å². The number of carbonyl (C=O) groups excluding carboxylic acids is 1. The van der Waals surface area contributed by atoms with E-state index in [9.17, 15) is 14.4 Å². The zero-order valence-electron chi connectivity index (χ0n) is 10.3. The molecule has 1 unspecified atom stereocenters. The molecular weight excluding hydrogens is 226 g/mol. The first-order valence-corrected chi connectivity index (χ1v) is 5.49. The highest BCUT2D eigenvalue weighted by molar-refractivity contribution is 5.79. The lowest BCUT2D eigenvalue weighted by molar-refractivity contribution is -0.144. The van der Waals surface area contributed by atoms with Crippen molar-refractivity contribution in [1.82, 2.24) is 4.90 Å². The van der Waals surface area contributed by atoms with E-state index in [1.165, 1.54) is 11.8 Å². The van der Waals surface area contributed by atoms with Gasteiger partial charge in [-0.25, -0.2) is 0 Å². The average Bonchev–Trinajstić information content (AvgIpc) is 2.22. The number of rotatable bonds is 7.